The Balaban J connectivity index is 2.01. The van der Waals surface area contributed by atoms with Crippen molar-refractivity contribution in [3.05, 3.63) is 48.8 Å². The molecule has 0 aromatic carbocycles. The Kier molecular flexibility index (Phi) is 3.92. The standard InChI is InChI=1S/C15H20N4O2S/c1-4-11(12-6-5-7-22-12)19-8-10-13(16-9-19)17(2)15(21)18(3)14(10)20/h5-7,11,16H,4,8-9H2,1-3H3/t11-/m1/s1. The van der Waals surface area contributed by atoms with Gasteiger partial charge in [0.1, 0.15) is 5.82 Å². The van der Waals surface area contributed by atoms with E-state index in [2.05, 4.69) is 34.7 Å². The van der Waals surface area contributed by atoms with Gasteiger partial charge in [-0.05, 0) is 17.9 Å². The molecule has 0 amide bonds. The van der Waals surface area contributed by atoms with Gasteiger partial charge in [-0.15, -0.1) is 11.3 Å². The fraction of sp³-hybridized carbons (Fsp3) is 0.467. The summed E-state index contributed by atoms with van der Waals surface area (Å²) >= 11 is 1.74. The Labute approximate surface area is 132 Å². The zero-order chi connectivity index (χ0) is 15.9. The normalized spacial score (nSPS) is 16.1. The van der Waals surface area contributed by atoms with Crippen molar-refractivity contribution in [2.75, 3.05) is 12.0 Å². The zero-order valence-corrected chi connectivity index (χ0v) is 13.8. The van der Waals surface area contributed by atoms with Crippen LogP contribution in [0.15, 0.2) is 27.1 Å². The summed E-state index contributed by atoms with van der Waals surface area (Å²) in [5, 5.41) is 5.32. The number of nitrogens with zero attached hydrogens (tertiary/aromatic N) is 3. The SMILES string of the molecule is CC[C@H](c1cccs1)N1CNc2c(c(=O)n(C)c(=O)n2C)C1. The summed E-state index contributed by atoms with van der Waals surface area (Å²) in [6, 6.07) is 4.46. The first-order valence-corrected chi connectivity index (χ1v) is 8.22. The van der Waals surface area contributed by atoms with E-state index in [0.717, 1.165) is 6.42 Å². The fourth-order valence-corrected chi connectivity index (χ4v) is 4.00. The van der Waals surface area contributed by atoms with E-state index in [-0.39, 0.29) is 17.3 Å². The number of anilines is 1. The molecule has 1 N–H and O–H groups in total. The molecule has 2 aromatic heterocycles. The lowest BCUT2D eigenvalue weighted by atomic mass is 10.1. The lowest BCUT2D eigenvalue weighted by Gasteiger charge is -2.35. The minimum atomic E-state index is -0.296. The summed E-state index contributed by atoms with van der Waals surface area (Å²) in [5.74, 6) is 0.644. The van der Waals surface area contributed by atoms with Crippen molar-refractivity contribution in [1.82, 2.24) is 14.0 Å². The van der Waals surface area contributed by atoms with Crippen LogP contribution in [0.1, 0.15) is 29.8 Å². The Morgan fingerprint density at radius 1 is 1.32 bits per heavy atom. The zero-order valence-electron chi connectivity index (χ0n) is 13.0. The Bertz CT molecular complexity index is 791. The van der Waals surface area contributed by atoms with Gasteiger partial charge in [0.25, 0.3) is 5.56 Å². The van der Waals surface area contributed by atoms with Crippen molar-refractivity contribution in [3.63, 3.8) is 0 Å². The number of thiophene rings is 1. The van der Waals surface area contributed by atoms with Crippen LogP contribution >= 0.6 is 11.3 Å². The number of aromatic nitrogens is 2. The summed E-state index contributed by atoms with van der Waals surface area (Å²) in [5.41, 5.74) is 0.150. The van der Waals surface area contributed by atoms with Crippen molar-refractivity contribution in [3.8, 4) is 0 Å². The second kappa shape index (κ2) is 5.73. The molecule has 0 fully saturated rings. The summed E-state index contributed by atoms with van der Waals surface area (Å²) in [6.45, 7) is 3.34. The first-order chi connectivity index (χ1) is 10.5. The van der Waals surface area contributed by atoms with E-state index in [4.69, 9.17) is 0 Å². The van der Waals surface area contributed by atoms with E-state index in [1.807, 2.05) is 0 Å². The summed E-state index contributed by atoms with van der Waals surface area (Å²) < 4.78 is 2.69. The molecule has 1 atom stereocenters. The smallest absolute Gasteiger partial charge is 0.332 e. The van der Waals surface area contributed by atoms with Crippen LogP contribution in [-0.2, 0) is 20.6 Å². The van der Waals surface area contributed by atoms with Gasteiger partial charge in [-0.1, -0.05) is 13.0 Å². The molecule has 0 saturated carbocycles. The number of hydrogen-bond donors (Lipinski definition) is 1. The maximum absolute atomic E-state index is 12.4. The van der Waals surface area contributed by atoms with Gasteiger partial charge >= 0.3 is 5.69 Å². The molecule has 22 heavy (non-hydrogen) atoms. The van der Waals surface area contributed by atoms with Crippen LogP contribution in [0.5, 0.6) is 0 Å². The average Bonchev–Trinajstić information content (AvgIpc) is 3.05. The number of fused-ring (bicyclic) bond motifs is 1. The molecule has 118 valence electrons. The second-order valence-corrected chi connectivity index (χ2v) is 6.53. The topological polar surface area (TPSA) is 59.3 Å². The highest BCUT2D eigenvalue weighted by Gasteiger charge is 2.28. The van der Waals surface area contributed by atoms with E-state index >= 15 is 0 Å². The Hall–Kier alpha value is -1.86. The highest BCUT2D eigenvalue weighted by molar-refractivity contribution is 7.10. The average molecular weight is 320 g/mol. The molecule has 3 rings (SSSR count). The lowest BCUT2D eigenvalue weighted by Crippen LogP contribution is -2.46. The van der Waals surface area contributed by atoms with Crippen LogP contribution in [0.4, 0.5) is 5.82 Å². The molecule has 0 unspecified atom stereocenters. The van der Waals surface area contributed by atoms with E-state index < -0.39 is 0 Å². The molecule has 0 aliphatic carbocycles. The van der Waals surface area contributed by atoms with Crippen molar-refractivity contribution in [1.29, 1.82) is 0 Å². The van der Waals surface area contributed by atoms with E-state index in [1.165, 1.54) is 21.1 Å². The van der Waals surface area contributed by atoms with Crippen LogP contribution in [-0.4, -0.2) is 20.7 Å². The molecule has 0 radical (unpaired) electrons. The fourth-order valence-electron chi connectivity index (χ4n) is 3.06. The van der Waals surface area contributed by atoms with Gasteiger partial charge in [0.15, 0.2) is 0 Å². The minimum Gasteiger partial charge on any atom is -0.358 e. The number of rotatable bonds is 3. The molecule has 6 nitrogen and oxygen atoms in total. The van der Waals surface area contributed by atoms with E-state index in [1.54, 1.807) is 18.4 Å². The Morgan fingerprint density at radius 3 is 2.73 bits per heavy atom. The number of hydrogen-bond acceptors (Lipinski definition) is 5. The molecule has 0 saturated heterocycles. The van der Waals surface area contributed by atoms with Crippen molar-refractivity contribution in [2.24, 2.45) is 14.1 Å². The molecule has 0 bridgehead atoms. The minimum absolute atomic E-state index is 0.212. The maximum Gasteiger partial charge on any atom is 0.332 e. The third kappa shape index (κ3) is 2.30. The summed E-state index contributed by atoms with van der Waals surface area (Å²) in [6.07, 6.45) is 0.976. The van der Waals surface area contributed by atoms with Gasteiger partial charge in [0.2, 0.25) is 0 Å². The molecule has 1 aliphatic heterocycles. The molecular weight excluding hydrogens is 300 g/mol. The molecule has 7 heteroatoms. The van der Waals surface area contributed by atoms with Gasteiger partial charge < -0.3 is 5.32 Å². The van der Waals surface area contributed by atoms with Gasteiger partial charge in [-0.25, -0.2) is 4.79 Å². The molecule has 3 heterocycles. The molecule has 2 aromatic rings. The number of nitrogens with one attached hydrogen (secondary N) is 1. The van der Waals surface area contributed by atoms with Crippen LogP contribution in [0, 0.1) is 0 Å². The first-order valence-electron chi connectivity index (χ1n) is 7.34. The first kappa shape index (κ1) is 15.1. The summed E-state index contributed by atoms with van der Waals surface area (Å²) in [7, 11) is 3.22. The van der Waals surface area contributed by atoms with Gasteiger partial charge in [-0.2, -0.15) is 0 Å². The van der Waals surface area contributed by atoms with Gasteiger partial charge in [0.05, 0.1) is 12.2 Å². The molecule has 1 aliphatic rings. The van der Waals surface area contributed by atoms with Gasteiger partial charge in [0, 0.05) is 31.6 Å². The van der Waals surface area contributed by atoms with Crippen LogP contribution in [0.25, 0.3) is 0 Å². The monoisotopic (exact) mass is 320 g/mol. The van der Waals surface area contributed by atoms with Crippen LogP contribution in [0.2, 0.25) is 0 Å². The van der Waals surface area contributed by atoms with E-state index in [0.29, 0.717) is 24.6 Å². The third-order valence-corrected chi connectivity index (χ3v) is 5.24. The van der Waals surface area contributed by atoms with Crippen LogP contribution in [0.3, 0.4) is 0 Å². The highest BCUT2D eigenvalue weighted by Crippen LogP contribution is 2.31. The lowest BCUT2D eigenvalue weighted by molar-refractivity contribution is 0.190. The second-order valence-electron chi connectivity index (χ2n) is 5.55. The largest absolute Gasteiger partial charge is 0.358 e. The summed E-state index contributed by atoms with van der Waals surface area (Å²) in [4.78, 5) is 28.0. The maximum atomic E-state index is 12.4. The predicted octanol–water partition coefficient (Wildman–Crippen LogP) is 1.48. The van der Waals surface area contributed by atoms with Crippen molar-refractivity contribution in [2.45, 2.75) is 25.9 Å². The highest BCUT2D eigenvalue weighted by atomic mass is 32.1. The van der Waals surface area contributed by atoms with Crippen LogP contribution < -0.4 is 16.6 Å². The van der Waals surface area contributed by atoms with Crippen molar-refractivity contribution >= 4 is 17.2 Å². The quantitative estimate of drug-likeness (QED) is 0.931. The predicted molar refractivity (Wildman–Crippen MR) is 88.3 cm³/mol. The van der Waals surface area contributed by atoms with Gasteiger partial charge in [-0.3, -0.25) is 18.8 Å². The van der Waals surface area contributed by atoms with Crippen molar-refractivity contribution < 1.29 is 0 Å². The van der Waals surface area contributed by atoms with E-state index in [9.17, 15) is 9.59 Å². The molecular formula is C15H20N4O2S. The molecule has 0 spiro atoms. The Morgan fingerprint density at radius 2 is 2.09 bits per heavy atom. The third-order valence-electron chi connectivity index (χ3n) is 4.27.